The van der Waals surface area contributed by atoms with Crippen molar-refractivity contribution < 1.29 is 0 Å². The molecule has 8 aromatic rings. The average Bonchev–Trinajstić information content (AvgIpc) is 3.69. The van der Waals surface area contributed by atoms with Crippen LogP contribution in [0.3, 0.4) is 0 Å². The molecule has 0 saturated carbocycles. The second-order valence-electron chi connectivity index (χ2n) is 10.0. The predicted octanol–water partition coefficient (Wildman–Crippen LogP) is 8.16. The van der Waals surface area contributed by atoms with Gasteiger partial charge in [0, 0.05) is 39.9 Å². The van der Waals surface area contributed by atoms with E-state index >= 15 is 0 Å². The number of hydrogen-bond donors (Lipinski definition) is 0. The molecule has 3 heterocycles. The SMILES string of the molecule is c1ccc(-c2nc(-c3ccccc3-n3ccnc3-c3ccccc3)nc(-n3c4ccccc4c4ccccc43)n2)cc1. The van der Waals surface area contributed by atoms with Gasteiger partial charge in [0.15, 0.2) is 11.6 Å². The summed E-state index contributed by atoms with van der Waals surface area (Å²) in [7, 11) is 0. The number of para-hydroxylation sites is 3. The molecule has 0 spiro atoms. The molecule has 0 aliphatic carbocycles. The molecule has 0 N–H and O–H groups in total. The van der Waals surface area contributed by atoms with Gasteiger partial charge in [0.2, 0.25) is 5.95 Å². The summed E-state index contributed by atoms with van der Waals surface area (Å²) >= 11 is 0. The van der Waals surface area contributed by atoms with Crippen LogP contribution >= 0.6 is 0 Å². The summed E-state index contributed by atoms with van der Waals surface area (Å²) in [4.78, 5) is 19.9. The third-order valence-corrected chi connectivity index (χ3v) is 7.51. The summed E-state index contributed by atoms with van der Waals surface area (Å²) in [5.41, 5.74) is 5.87. The van der Waals surface area contributed by atoms with Crippen molar-refractivity contribution in [3.63, 3.8) is 0 Å². The molecular formula is C36H24N6. The summed E-state index contributed by atoms with van der Waals surface area (Å²) in [6, 6.07) is 45.2. The molecule has 0 amide bonds. The highest BCUT2D eigenvalue weighted by Gasteiger charge is 2.20. The molecular weight excluding hydrogens is 516 g/mol. The molecule has 0 radical (unpaired) electrons. The highest BCUT2D eigenvalue weighted by Crippen LogP contribution is 2.33. The Labute approximate surface area is 242 Å². The summed E-state index contributed by atoms with van der Waals surface area (Å²) in [6.07, 6.45) is 3.81. The van der Waals surface area contributed by atoms with Crippen molar-refractivity contribution in [2.24, 2.45) is 0 Å². The first-order valence-electron chi connectivity index (χ1n) is 13.8. The van der Waals surface area contributed by atoms with Crippen molar-refractivity contribution in [3.8, 4) is 45.8 Å². The smallest absolute Gasteiger partial charge is 0.238 e. The van der Waals surface area contributed by atoms with Crippen LogP contribution in [0.4, 0.5) is 0 Å². The normalized spacial score (nSPS) is 11.3. The molecule has 0 unspecified atom stereocenters. The second kappa shape index (κ2) is 9.94. The van der Waals surface area contributed by atoms with E-state index in [2.05, 4.69) is 81.9 Å². The maximum Gasteiger partial charge on any atom is 0.238 e. The van der Waals surface area contributed by atoms with Gasteiger partial charge in [-0.25, -0.2) is 9.97 Å². The fraction of sp³-hybridized carbons (Fsp3) is 0. The molecule has 0 aliphatic heterocycles. The number of rotatable bonds is 5. The van der Waals surface area contributed by atoms with Crippen molar-refractivity contribution in [1.29, 1.82) is 0 Å². The number of hydrogen-bond acceptors (Lipinski definition) is 4. The summed E-state index contributed by atoms with van der Waals surface area (Å²) < 4.78 is 4.23. The Bertz CT molecular complexity index is 2140. The minimum absolute atomic E-state index is 0.569. The zero-order valence-corrected chi connectivity index (χ0v) is 22.5. The monoisotopic (exact) mass is 540 g/mol. The van der Waals surface area contributed by atoms with Crippen LogP contribution in [0.25, 0.3) is 67.6 Å². The lowest BCUT2D eigenvalue weighted by atomic mass is 10.1. The molecule has 6 nitrogen and oxygen atoms in total. The quantitative estimate of drug-likeness (QED) is 0.221. The van der Waals surface area contributed by atoms with E-state index in [4.69, 9.17) is 19.9 Å². The van der Waals surface area contributed by atoms with Gasteiger partial charge in [0.1, 0.15) is 5.82 Å². The van der Waals surface area contributed by atoms with E-state index in [1.165, 1.54) is 0 Å². The maximum atomic E-state index is 5.15. The molecule has 3 aromatic heterocycles. The zero-order chi connectivity index (χ0) is 27.9. The Hall–Kier alpha value is -5.88. The number of nitrogens with zero attached hydrogens (tertiary/aromatic N) is 6. The van der Waals surface area contributed by atoms with Crippen LogP contribution in [-0.4, -0.2) is 29.1 Å². The standard InChI is InChI=1S/C36H24N6/c1-3-13-25(14-4-1)33-38-34(29-19-9-10-20-30(29)41-24-23-37-35(41)26-15-5-2-6-16-26)40-36(39-33)42-31-21-11-7-17-27(31)28-18-8-12-22-32(28)42/h1-24H. The molecule has 0 bridgehead atoms. The van der Waals surface area contributed by atoms with Gasteiger partial charge in [0.05, 0.1) is 16.7 Å². The van der Waals surface area contributed by atoms with E-state index in [1.54, 1.807) is 0 Å². The highest BCUT2D eigenvalue weighted by atomic mass is 15.2. The van der Waals surface area contributed by atoms with Crippen molar-refractivity contribution in [2.75, 3.05) is 0 Å². The van der Waals surface area contributed by atoms with E-state index < -0.39 is 0 Å². The van der Waals surface area contributed by atoms with Crippen LogP contribution in [0.15, 0.2) is 146 Å². The van der Waals surface area contributed by atoms with E-state index in [9.17, 15) is 0 Å². The van der Waals surface area contributed by atoms with Gasteiger partial charge in [-0.1, -0.05) is 109 Å². The third-order valence-electron chi connectivity index (χ3n) is 7.51. The maximum absolute atomic E-state index is 5.15. The third kappa shape index (κ3) is 3.97. The Morgan fingerprint density at radius 3 is 1.76 bits per heavy atom. The predicted molar refractivity (Wildman–Crippen MR) is 168 cm³/mol. The van der Waals surface area contributed by atoms with Gasteiger partial charge in [-0.3, -0.25) is 9.13 Å². The minimum atomic E-state index is 0.569. The first-order chi connectivity index (χ1) is 20.8. The molecule has 42 heavy (non-hydrogen) atoms. The number of benzene rings is 5. The Morgan fingerprint density at radius 1 is 0.476 bits per heavy atom. The zero-order valence-electron chi connectivity index (χ0n) is 22.5. The van der Waals surface area contributed by atoms with Crippen molar-refractivity contribution in [3.05, 3.63) is 146 Å². The lowest BCUT2D eigenvalue weighted by Crippen LogP contribution is -2.08. The van der Waals surface area contributed by atoms with Crippen LogP contribution < -0.4 is 0 Å². The van der Waals surface area contributed by atoms with Crippen molar-refractivity contribution in [1.82, 2.24) is 29.1 Å². The average molecular weight is 541 g/mol. The summed E-state index contributed by atoms with van der Waals surface area (Å²) in [5.74, 6) is 2.62. The number of aromatic nitrogens is 6. The van der Waals surface area contributed by atoms with Crippen LogP contribution in [0, 0.1) is 0 Å². The topological polar surface area (TPSA) is 61.4 Å². The Kier molecular flexibility index (Phi) is 5.67. The molecule has 8 rings (SSSR count). The second-order valence-corrected chi connectivity index (χ2v) is 10.0. The molecule has 0 saturated heterocycles. The first-order valence-corrected chi connectivity index (χ1v) is 13.8. The highest BCUT2D eigenvalue weighted by molar-refractivity contribution is 6.09. The van der Waals surface area contributed by atoms with Crippen LogP contribution in [0.2, 0.25) is 0 Å². The number of fused-ring (bicyclic) bond motifs is 3. The van der Waals surface area contributed by atoms with Gasteiger partial charge < -0.3 is 0 Å². The first kappa shape index (κ1) is 24.0. The van der Waals surface area contributed by atoms with E-state index in [1.807, 2.05) is 73.1 Å². The van der Waals surface area contributed by atoms with Gasteiger partial charge in [-0.2, -0.15) is 9.97 Å². The van der Waals surface area contributed by atoms with Crippen LogP contribution in [0.1, 0.15) is 0 Å². The van der Waals surface area contributed by atoms with E-state index in [0.717, 1.165) is 50.0 Å². The largest absolute Gasteiger partial charge is 0.299 e. The molecule has 5 aromatic carbocycles. The van der Waals surface area contributed by atoms with E-state index in [0.29, 0.717) is 17.6 Å². The molecule has 0 fully saturated rings. The molecule has 6 heteroatoms. The van der Waals surface area contributed by atoms with Gasteiger partial charge in [0.25, 0.3) is 0 Å². The number of imidazole rings is 1. The fourth-order valence-electron chi connectivity index (χ4n) is 5.61. The van der Waals surface area contributed by atoms with Crippen molar-refractivity contribution >= 4 is 21.8 Å². The summed E-state index contributed by atoms with van der Waals surface area (Å²) in [5, 5.41) is 2.31. The minimum Gasteiger partial charge on any atom is -0.299 e. The Balaban J connectivity index is 1.40. The lowest BCUT2D eigenvalue weighted by molar-refractivity contribution is 0.950. The van der Waals surface area contributed by atoms with Gasteiger partial charge >= 0.3 is 0 Å². The molecule has 0 aliphatic rings. The van der Waals surface area contributed by atoms with Crippen LogP contribution in [-0.2, 0) is 0 Å². The molecule has 0 atom stereocenters. The lowest BCUT2D eigenvalue weighted by Gasteiger charge is -2.15. The molecule has 198 valence electrons. The van der Waals surface area contributed by atoms with Crippen LogP contribution in [0.5, 0.6) is 0 Å². The Morgan fingerprint density at radius 2 is 1.05 bits per heavy atom. The summed E-state index contributed by atoms with van der Waals surface area (Å²) in [6.45, 7) is 0. The van der Waals surface area contributed by atoms with Crippen molar-refractivity contribution in [2.45, 2.75) is 0 Å². The fourth-order valence-corrected chi connectivity index (χ4v) is 5.61. The van der Waals surface area contributed by atoms with Gasteiger partial charge in [-0.15, -0.1) is 0 Å². The van der Waals surface area contributed by atoms with E-state index in [-0.39, 0.29) is 0 Å². The van der Waals surface area contributed by atoms with Gasteiger partial charge in [-0.05, 0) is 24.3 Å².